The van der Waals surface area contributed by atoms with E-state index in [2.05, 4.69) is 34.7 Å². The zero-order valence-electron chi connectivity index (χ0n) is 11.1. The normalized spacial score (nSPS) is 10.8. The Labute approximate surface area is 117 Å². The van der Waals surface area contributed by atoms with E-state index in [0.717, 1.165) is 22.3 Å². The van der Waals surface area contributed by atoms with Crippen LogP contribution in [0, 0.1) is 0 Å². The highest BCUT2D eigenvalue weighted by Gasteiger charge is 2.16. The number of hydrogen-bond donors (Lipinski definition) is 1. The van der Waals surface area contributed by atoms with Crippen molar-refractivity contribution in [1.82, 2.24) is 0 Å². The van der Waals surface area contributed by atoms with Gasteiger partial charge in [0.15, 0.2) is 5.78 Å². The van der Waals surface area contributed by atoms with Crippen LogP contribution >= 0.6 is 15.9 Å². The number of carbonyl (C=O) groups excluding carboxylic acids is 1. The van der Waals surface area contributed by atoms with E-state index in [0.29, 0.717) is 6.42 Å². The Balaban J connectivity index is 3.16. The quantitative estimate of drug-likeness (QED) is 0.820. The molecule has 0 saturated carbocycles. The molecule has 0 atom stereocenters. The summed E-state index contributed by atoms with van der Waals surface area (Å²) in [4.78, 5) is 13.8. The Morgan fingerprint density at radius 3 is 2.61 bits per heavy atom. The number of ketones is 1. The molecule has 0 fully saturated rings. The lowest BCUT2D eigenvalue weighted by molar-refractivity contribution is 0.101. The molecule has 0 heterocycles. The van der Waals surface area contributed by atoms with Gasteiger partial charge in [0.2, 0.25) is 0 Å². The molecule has 18 heavy (non-hydrogen) atoms. The van der Waals surface area contributed by atoms with Gasteiger partial charge in [-0.15, -0.1) is 0 Å². The standard InChI is InChI=1S/C14H20BrNO2/c1-10(2)16(7-4-8-17)14-9-12(15)5-6-13(14)11(3)18/h5-6,9-10,17H,4,7-8H2,1-3H3. The summed E-state index contributed by atoms with van der Waals surface area (Å²) in [5, 5.41) is 8.97. The molecule has 0 radical (unpaired) electrons. The molecule has 100 valence electrons. The number of aliphatic hydroxyl groups is 1. The second-order valence-electron chi connectivity index (χ2n) is 4.58. The van der Waals surface area contributed by atoms with Crippen molar-refractivity contribution in [3.8, 4) is 0 Å². The van der Waals surface area contributed by atoms with Crippen molar-refractivity contribution in [3.05, 3.63) is 28.2 Å². The molecular weight excluding hydrogens is 294 g/mol. The molecule has 0 aliphatic rings. The van der Waals surface area contributed by atoms with Crippen LogP contribution in [0.1, 0.15) is 37.6 Å². The number of aliphatic hydroxyl groups excluding tert-OH is 1. The highest BCUT2D eigenvalue weighted by Crippen LogP contribution is 2.27. The summed E-state index contributed by atoms with van der Waals surface area (Å²) in [6, 6.07) is 5.97. The van der Waals surface area contributed by atoms with Crippen molar-refractivity contribution >= 4 is 27.4 Å². The van der Waals surface area contributed by atoms with Gasteiger partial charge in [-0.3, -0.25) is 4.79 Å². The van der Waals surface area contributed by atoms with Crippen LogP contribution in [0.2, 0.25) is 0 Å². The highest BCUT2D eigenvalue weighted by atomic mass is 79.9. The highest BCUT2D eigenvalue weighted by molar-refractivity contribution is 9.10. The fraction of sp³-hybridized carbons (Fsp3) is 0.500. The van der Waals surface area contributed by atoms with Crippen LogP contribution in [0.5, 0.6) is 0 Å². The van der Waals surface area contributed by atoms with Gasteiger partial charge < -0.3 is 10.0 Å². The van der Waals surface area contributed by atoms with Crippen LogP contribution in [0.15, 0.2) is 22.7 Å². The molecule has 1 aromatic rings. The van der Waals surface area contributed by atoms with Crippen molar-refractivity contribution in [3.63, 3.8) is 0 Å². The molecule has 0 bridgehead atoms. The fourth-order valence-corrected chi connectivity index (χ4v) is 2.29. The Morgan fingerprint density at radius 1 is 1.44 bits per heavy atom. The van der Waals surface area contributed by atoms with E-state index in [1.165, 1.54) is 0 Å². The van der Waals surface area contributed by atoms with Crippen molar-refractivity contribution < 1.29 is 9.90 Å². The summed E-state index contributed by atoms with van der Waals surface area (Å²) in [6.45, 7) is 6.65. The molecule has 4 heteroatoms. The molecule has 3 nitrogen and oxygen atoms in total. The maximum Gasteiger partial charge on any atom is 0.161 e. The summed E-state index contributed by atoms with van der Waals surface area (Å²) >= 11 is 3.44. The molecule has 0 saturated heterocycles. The first kappa shape index (κ1) is 15.2. The van der Waals surface area contributed by atoms with Crippen molar-refractivity contribution in [2.75, 3.05) is 18.1 Å². The number of anilines is 1. The van der Waals surface area contributed by atoms with Crippen molar-refractivity contribution in [1.29, 1.82) is 0 Å². The Bertz CT molecular complexity index is 418. The summed E-state index contributed by atoms with van der Waals surface area (Å²) in [5.41, 5.74) is 1.66. The number of nitrogens with zero attached hydrogens (tertiary/aromatic N) is 1. The third-order valence-electron chi connectivity index (χ3n) is 2.83. The molecular formula is C14H20BrNO2. The molecule has 0 aliphatic heterocycles. The van der Waals surface area contributed by atoms with E-state index >= 15 is 0 Å². The van der Waals surface area contributed by atoms with E-state index in [9.17, 15) is 4.79 Å². The van der Waals surface area contributed by atoms with Gasteiger partial charge in [-0.1, -0.05) is 15.9 Å². The minimum Gasteiger partial charge on any atom is -0.396 e. The zero-order chi connectivity index (χ0) is 13.7. The monoisotopic (exact) mass is 313 g/mol. The van der Waals surface area contributed by atoms with Crippen LogP contribution in [0.4, 0.5) is 5.69 Å². The first-order valence-electron chi connectivity index (χ1n) is 6.15. The molecule has 1 aromatic carbocycles. The van der Waals surface area contributed by atoms with E-state index < -0.39 is 0 Å². The lowest BCUT2D eigenvalue weighted by Gasteiger charge is -2.30. The van der Waals surface area contributed by atoms with Crippen LogP contribution in [-0.2, 0) is 0 Å². The number of Topliss-reactive ketones (excluding diaryl/α,β-unsaturated/α-hetero) is 1. The summed E-state index contributed by atoms with van der Waals surface area (Å²) in [6.07, 6.45) is 0.696. The summed E-state index contributed by atoms with van der Waals surface area (Å²) < 4.78 is 0.956. The predicted molar refractivity (Wildman–Crippen MR) is 78.3 cm³/mol. The maximum absolute atomic E-state index is 11.7. The second-order valence-corrected chi connectivity index (χ2v) is 5.50. The minimum atomic E-state index is 0.0622. The van der Waals surface area contributed by atoms with E-state index in [1.807, 2.05) is 18.2 Å². The fourth-order valence-electron chi connectivity index (χ4n) is 1.94. The number of benzene rings is 1. The van der Waals surface area contributed by atoms with Gasteiger partial charge in [-0.25, -0.2) is 0 Å². The van der Waals surface area contributed by atoms with Gasteiger partial charge in [0.25, 0.3) is 0 Å². The lowest BCUT2D eigenvalue weighted by atomic mass is 10.1. The predicted octanol–water partition coefficient (Wildman–Crippen LogP) is 3.25. The van der Waals surface area contributed by atoms with Crippen molar-refractivity contribution in [2.45, 2.75) is 33.2 Å². The average Bonchev–Trinajstić information content (AvgIpc) is 2.28. The van der Waals surface area contributed by atoms with Crippen molar-refractivity contribution in [2.24, 2.45) is 0 Å². The van der Waals surface area contributed by atoms with Gasteiger partial charge in [0, 0.05) is 34.9 Å². The van der Waals surface area contributed by atoms with Gasteiger partial charge in [0.1, 0.15) is 0 Å². The molecule has 1 N–H and O–H groups in total. The molecule has 0 amide bonds. The Kier molecular flexibility index (Phi) is 5.82. The zero-order valence-corrected chi connectivity index (χ0v) is 12.7. The van der Waals surface area contributed by atoms with E-state index in [-0.39, 0.29) is 18.4 Å². The third-order valence-corrected chi connectivity index (χ3v) is 3.32. The summed E-state index contributed by atoms with van der Waals surface area (Å²) in [5.74, 6) is 0.0622. The number of carbonyl (C=O) groups is 1. The maximum atomic E-state index is 11.7. The second kappa shape index (κ2) is 6.90. The topological polar surface area (TPSA) is 40.5 Å². The average molecular weight is 314 g/mol. The van der Waals surface area contributed by atoms with E-state index in [1.54, 1.807) is 6.92 Å². The first-order valence-corrected chi connectivity index (χ1v) is 6.94. The molecule has 0 spiro atoms. The Morgan fingerprint density at radius 2 is 2.11 bits per heavy atom. The van der Waals surface area contributed by atoms with Crippen LogP contribution in [0.25, 0.3) is 0 Å². The van der Waals surface area contributed by atoms with Gasteiger partial charge in [-0.05, 0) is 45.4 Å². The number of rotatable bonds is 6. The smallest absolute Gasteiger partial charge is 0.161 e. The first-order chi connectivity index (χ1) is 8.47. The largest absolute Gasteiger partial charge is 0.396 e. The minimum absolute atomic E-state index is 0.0622. The SMILES string of the molecule is CC(=O)c1ccc(Br)cc1N(CCCO)C(C)C. The van der Waals surface area contributed by atoms with Crippen LogP contribution < -0.4 is 4.90 Å². The van der Waals surface area contributed by atoms with Crippen LogP contribution in [0.3, 0.4) is 0 Å². The van der Waals surface area contributed by atoms with Gasteiger partial charge in [-0.2, -0.15) is 0 Å². The molecule has 0 unspecified atom stereocenters. The molecule has 0 aromatic heterocycles. The van der Waals surface area contributed by atoms with Gasteiger partial charge in [0.05, 0.1) is 0 Å². The Hall–Kier alpha value is -0.870. The molecule has 1 rings (SSSR count). The summed E-state index contributed by atoms with van der Waals surface area (Å²) in [7, 11) is 0. The van der Waals surface area contributed by atoms with E-state index in [4.69, 9.17) is 5.11 Å². The number of halogens is 1. The third kappa shape index (κ3) is 3.82. The molecule has 0 aliphatic carbocycles. The number of hydrogen-bond acceptors (Lipinski definition) is 3. The van der Waals surface area contributed by atoms with Crippen LogP contribution in [-0.4, -0.2) is 30.1 Å². The van der Waals surface area contributed by atoms with Gasteiger partial charge >= 0.3 is 0 Å². The lowest BCUT2D eigenvalue weighted by Crippen LogP contribution is -2.33.